The van der Waals surface area contributed by atoms with Crippen molar-refractivity contribution in [2.24, 2.45) is 5.92 Å². The highest BCUT2D eigenvalue weighted by atomic mass is 32.1. The van der Waals surface area contributed by atoms with Crippen LogP contribution in [0.2, 0.25) is 0 Å². The number of alkyl carbamates (subject to hydrolysis) is 1. The van der Waals surface area contributed by atoms with Crippen molar-refractivity contribution in [1.82, 2.24) is 10.6 Å². The van der Waals surface area contributed by atoms with E-state index in [-0.39, 0.29) is 6.09 Å². The third-order valence-corrected chi connectivity index (χ3v) is 6.14. The standard InChI is InChI=1S/C19H30N2O2S/c1-19(2,3)23-18(22)21-11-14-7-4-8-16(14)20-12-15-10-13-6-5-9-17(13)24-15/h10,14,16,20H,4-9,11-12H2,1-3H3,(H,21,22). The fourth-order valence-corrected chi connectivity index (χ4v) is 5.00. The van der Waals surface area contributed by atoms with Crippen LogP contribution in [0.15, 0.2) is 6.07 Å². The predicted octanol–water partition coefficient (Wildman–Crippen LogP) is 4.02. The van der Waals surface area contributed by atoms with Crippen LogP contribution in [0.3, 0.4) is 0 Å². The first-order valence-electron chi connectivity index (χ1n) is 9.21. The van der Waals surface area contributed by atoms with E-state index in [1.807, 2.05) is 32.1 Å². The maximum atomic E-state index is 11.8. The van der Waals surface area contributed by atoms with E-state index in [4.69, 9.17) is 4.74 Å². The number of hydrogen-bond acceptors (Lipinski definition) is 4. The summed E-state index contributed by atoms with van der Waals surface area (Å²) in [6.45, 7) is 7.35. The molecule has 1 heterocycles. The second-order valence-electron chi connectivity index (χ2n) is 8.08. The molecule has 1 amide bonds. The molecule has 0 saturated heterocycles. The van der Waals surface area contributed by atoms with Gasteiger partial charge in [0.1, 0.15) is 5.60 Å². The highest BCUT2D eigenvalue weighted by Gasteiger charge is 2.28. The summed E-state index contributed by atoms with van der Waals surface area (Å²) in [4.78, 5) is 14.9. The number of thiophene rings is 1. The van der Waals surface area contributed by atoms with E-state index in [1.54, 1.807) is 10.4 Å². The van der Waals surface area contributed by atoms with Gasteiger partial charge in [0.05, 0.1) is 0 Å². The van der Waals surface area contributed by atoms with E-state index < -0.39 is 5.60 Å². The first-order valence-corrected chi connectivity index (χ1v) is 10.0. The van der Waals surface area contributed by atoms with Crippen molar-refractivity contribution in [3.8, 4) is 0 Å². The quantitative estimate of drug-likeness (QED) is 0.843. The summed E-state index contributed by atoms with van der Waals surface area (Å²) < 4.78 is 5.33. The van der Waals surface area contributed by atoms with E-state index in [9.17, 15) is 4.79 Å². The van der Waals surface area contributed by atoms with Gasteiger partial charge in [0.2, 0.25) is 0 Å². The molecule has 134 valence electrons. The van der Waals surface area contributed by atoms with Crippen LogP contribution in [0.25, 0.3) is 0 Å². The Bertz CT molecular complexity index is 555. The SMILES string of the molecule is CC(C)(C)OC(=O)NCC1CCCC1NCc1cc2c(s1)CCC2. The fourth-order valence-electron chi connectivity index (χ4n) is 3.79. The minimum atomic E-state index is -0.434. The predicted molar refractivity (Wildman–Crippen MR) is 98.5 cm³/mol. The molecule has 5 heteroatoms. The van der Waals surface area contributed by atoms with Gasteiger partial charge in [-0.15, -0.1) is 11.3 Å². The van der Waals surface area contributed by atoms with Crippen molar-refractivity contribution >= 4 is 17.4 Å². The van der Waals surface area contributed by atoms with E-state index in [2.05, 4.69) is 16.7 Å². The van der Waals surface area contributed by atoms with Crippen LogP contribution >= 0.6 is 11.3 Å². The molecular formula is C19H30N2O2S. The molecule has 2 atom stereocenters. The molecule has 2 aliphatic rings. The molecule has 0 aromatic carbocycles. The van der Waals surface area contributed by atoms with E-state index in [1.165, 1.54) is 43.4 Å². The molecule has 4 nitrogen and oxygen atoms in total. The number of carbonyl (C=O) groups is 1. The van der Waals surface area contributed by atoms with E-state index >= 15 is 0 Å². The summed E-state index contributed by atoms with van der Waals surface area (Å²) in [7, 11) is 0. The van der Waals surface area contributed by atoms with E-state index in [0.717, 1.165) is 6.54 Å². The number of amides is 1. The Morgan fingerprint density at radius 1 is 1.29 bits per heavy atom. The minimum Gasteiger partial charge on any atom is -0.444 e. The zero-order chi connectivity index (χ0) is 17.2. The second kappa shape index (κ2) is 7.44. The number of rotatable bonds is 5. The average Bonchev–Trinajstić information content (AvgIpc) is 3.16. The van der Waals surface area contributed by atoms with Crippen molar-refractivity contribution in [2.75, 3.05) is 6.54 Å². The number of hydrogen-bond donors (Lipinski definition) is 2. The number of nitrogens with one attached hydrogen (secondary N) is 2. The van der Waals surface area contributed by atoms with Gasteiger partial charge >= 0.3 is 6.09 Å². The normalized spacial score (nSPS) is 23.3. The molecule has 0 radical (unpaired) electrons. The molecule has 1 fully saturated rings. The molecule has 1 aromatic heterocycles. The molecule has 24 heavy (non-hydrogen) atoms. The van der Waals surface area contributed by atoms with Crippen molar-refractivity contribution in [3.63, 3.8) is 0 Å². The van der Waals surface area contributed by atoms with Gasteiger partial charge in [0.25, 0.3) is 0 Å². The lowest BCUT2D eigenvalue weighted by atomic mass is 10.0. The van der Waals surface area contributed by atoms with Crippen LogP contribution in [0.4, 0.5) is 4.79 Å². The van der Waals surface area contributed by atoms with E-state index in [0.29, 0.717) is 18.5 Å². The largest absolute Gasteiger partial charge is 0.444 e. The molecule has 1 aromatic rings. The van der Waals surface area contributed by atoms with Gasteiger partial charge in [-0.25, -0.2) is 4.79 Å². The van der Waals surface area contributed by atoms with Crippen LogP contribution in [0.1, 0.15) is 61.8 Å². The molecule has 2 unspecified atom stereocenters. The number of carbonyl (C=O) groups excluding carboxylic acids is 1. The highest BCUT2D eigenvalue weighted by Crippen LogP contribution is 2.31. The Hall–Kier alpha value is -1.07. The lowest BCUT2D eigenvalue weighted by Gasteiger charge is -2.23. The van der Waals surface area contributed by atoms with Gasteiger partial charge in [-0.2, -0.15) is 0 Å². The Morgan fingerprint density at radius 2 is 2.12 bits per heavy atom. The van der Waals surface area contributed by atoms with Gasteiger partial charge in [0, 0.05) is 28.9 Å². The molecular weight excluding hydrogens is 320 g/mol. The highest BCUT2D eigenvalue weighted by molar-refractivity contribution is 7.12. The zero-order valence-electron chi connectivity index (χ0n) is 15.1. The van der Waals surface area contributed by atoms with Crippen molar-refractivity contribution < 1.29 is 9.53 Å². The lowest BCUT2D eigenvalue weighted by Crippen LogP contribution is -2.40. The number of fused-ring (bicyclic) bond motifs is 1. The summed E-state index contributed by atoms with van der Waals surface area (Å²) in [6, 6.07) is 2.89. The van der Waals surface area contributed by atoms with Gasteiger partial charge in [0.15, 0.2) is 0 Å². The number of ether oxygens (including phenoxy) is 1. The average molecular weight is 351 g/mol. The maximum Gasteiger partial charge on any atom is 0.407 e. The maximum absolute atomic E-state index is 11.8. The van der Waals surface area contributed by atoms with Gasteiger partial charge in [-0.1, -0.05) is 6.42 Å². The first-order chi connectivity index (χ1) is 11.4. The lowest BCUT2D eigenvalue weighted by molar-refractivity contribution is 0.0517. The van der Waals surface area contributed by atoms with Crippen LogP contribution in [0.5, 0.6) is 0 Å². The fraction of sp³-hybridized carbons (Fsp3) is 0.737. The Balaban J connectivity index is 1.44. The Labute approximate surface area is 149 Å². The summed E-state index contributed by atoms with van der Waals surface area (Å²) in [6.07, 6.45) is 7.17. The van der Waals surface area contributed by atoms with Crippen molar-refractivity contribution in [3.05, 3.63) is 21.4 Å². The van der Waals surface area contributed by atoms with Gasteiger partial charge in [-0.05, 0) is 70.4 Å². The summed E-state index contributed by atoms with van der Waals surface area (Å²) in [5, 5.41) is 6.67. The molecule has 2 N–H and O–H groups in total. The van der Waals surface area contributed by atoms with Crippen LogP contribution in [0, 0.1) is 5.92 Å². The van der Waals surface area contributed by atoms with Gasteiger partial charge < -0.3 is 15.4 Å². The second-order valence-corrected chi connectivity index (χ2v) is 9.30. The Morgan fingerprint density at radius 3 is 2.88 bits per heavy atom. The third-order valence-electron chi connectivity index (χ3n) is 4.90. The van der Waals surface area contributed by atoms with Crippen LogP contribution in [-0.4, -0.2) is 24.3 Å². The molecule has 3 rings (SSSR count). The third kappa shape index (κ3) is 4.73. The first kappa shape index (κ1) is 17.7. The zero-order valence-corrected chi connectivity index (χ0v) is 15.9. The summed E-state index contributed by atoms with van der Waals surface area (Å²) in [5.74, 6) is 0.504. The molecule has 0 bridgehead atoms. The topological polar surface area (TPSA) is 50.4 Å². The monoisotopic (exact) mass is 350 g/mol. The molecule has 0 aliphatic heterocycles. The molecule has 2 aliphatic carbocycles. The smallest absolute Gasteiger partial charge is 0.407 e. The van der Waals surface area contributed by atoms with Crippen LogP contribution < -0.4 is 10.6 Å². The van der Waals surface area contributed by atoms with Gasteiger partial charge in [-0.3, -0.25) is 0 Å². The van der Waals surface area contributed by atoms with Crippen molar-refractivity contribution in [2.45, 2.75) is 77.5 Å². The minimum absolute atomic E-state index is 0.303. The summed E-state index contributed by atoms with van der Waals surface area (Å²) in [5.41, 5.74) is 1.14. The molecule has 0 spiro atoms. The van der Waals surface area contributed by atoms with Crippen molar-refractivity contribution in [1.29, 1.82) is 0 Å². The summed E-state index contributed by atoms with van der Waals surface area (Å²) >= 11 is 1.98. The molecule has 1 saturated carbocycles. The number of aryl methyl sites for hydroxylation is 2. The Kier molecular flexibility index (Phi) is 5.50. The van der Waals surface area contributed by atoms with Crippen LogP contribution in [-0.2, 0) is 24.1 Å².